The standard InChI is InChI=1S/C31H40N6O6S4.K/c1-30(2)22-18-20(46(38,39)40)10-12-24(22)36(14-6-16-44-28(32)33)26(30)8-5-9-27-31(3,4)23-19-21(47(41,42)43)11-13-25(23)37(27)15-7-17-45-29(34)35;/h5,8-13,18-19H,6-7,14-17H2,1-4H3,(H7-,32,33,34,35,38,39,40,41,42,43);/q;+1/p-1. The Hall–Kier alpha value is -1.51. The third-order valence-electron chi connectivity index (χ3n) is 8.38. The molecule has 0 fully saturated rings. The molecule has 0 saturated carbocycles. The van der Waals surface area contributed by atoms with E-state index in [9.17, 15) is 25.9 Å². The zero-order chi connectivity index (χ0) is 34.9. The topological polar surface area (TPSA) is 220 Å². The molecular formula is C31H39KN6O6S4. The van der Waals surface area contributed by atoms with E-state index in [1.807, 2.05) is 45.9 Å². The molecule has 2 aliphatic heterocycles. The van der Waals surface area contributed by atoms with Crippen molar-refractivity contribution in [1.82, 2.24) is 0 Å². The van der Waals surface area contributed by atoms with Crippen LogP contribution < -0.4 is 67.8 Å². The molecule has 2 aromatic rings. The normalized spacial score (nSPS) is 17.5. The summed E-state index contributed by atoms with van der Waals surface area (Å²) in [5.41, 5.74) is 14.4. The van der Waals surface area contributed by atoms with E-state index in [1.165, 1.54) is 47.8 Å². The Morgan fingerprint density at radius 2 is 1.42 bits per heavy atom. The monoisotopic (exact) mass is 758 g/mol. The molecule has 0 atom stereocenters. The second-order valence-corrected chi connectivity index (χ2v) is 17.3. The summed E-state index contributed by atoms with van der Waals surface area (Å²) in [5.74, 6) is 1.22. The van der Waals surface area contributed by atoms with Gasteiger partial charge in [-0.15, -0.1) is 0 Å². The number of thioether (sulfide) groups is 2. The number of amidine groups is 2. The largest absolute Gasteiger partial charge is 1.00 e. The van der Waals surface area contributed by atoms with E-state index in [0.29, 0.717) is 48.6 Å². The van der Waals surface area contributed by atoms with Crippen molar-refractivity contribution in [2.45, 2.75) is 61.2 Å². The van der Waals surface area contributed by atoms with Gasteiger partial charge in [0.25, 0.3) is 0 Å². The Morgan fingerprint density at radius 3 is 1.98 bits per heavy atom. The summed E-state index contributed by atoms with van der Waals surface area (Å²) in [4.78, 5) is 1.49. The average Bonchev–Trinajstić information content (AvgIpc) is 3.30. The van der Waals surface area contributed by atoms with Gasteiger partial charge in [0.2, 0.25) is 5.69 Å². The fraction of sp³-hybridized carbons (Fsp3) is 0.387. The van der Waals surface area contributed by atoms with Crippen molar-refractivity contribution in [1.29, 1.82) is 10.8 Å². The first-order valence-corrected chi connectivity index (χ1v) is 19.5. The third kappa shape index (κ3) is 9.04. The van der Waals surface area contributed by atoms with Gasteiger partial charge in [-0.2, -0.15) is 4.58 Å². The molecule has 0 aliphatic carbocycles. The molecule has 2 aromatic carbocycles. The Bertz CT molecular complexity index is 1920. The van der Waals surface area contributed by atoms with E-state index < -0.39 is 31.1 Å². The summed E-state index contributed by atoms with van der Waals surface area (Å²) in [7, 11) is -9.34. The van der Waals surface area contributed by atoms with E-state index in [0.717, 1.165) is 22.8 Å². The zero-order valence-electron chi connectivity index (χ0n) is 27.6. The maximum absolute atomic E-state index is 11.9. The van der Waals surface area contributed by atoms with Crippen LogP contribution >= 0.6 is 23.5 Å². The number of benzene rings is 2. The van der Waals surface area contributed by atoms with E-state index in [-0.39, 0.29) is 71.5 Å². The van der Waals surface area contributed by atoms with Crippen LogP contribution in [0.3, 0.4) is 0 Å². The van der Waals surface area contributed by atoms with Crippen LogP contribution in [0.25, 0.3) is 0 Å². The third-order valence-corrected chi connectivity index (χ3v) is 11.6. The van der Waals surface area contributed by atoms with E-state index in [4.69, 9.17) is 22.3 Å². The minimum absolute atomic E-state index is 0. The minimum Gasteiger partial charge on any atom is -0.744 e. The molecule has 0 saturated heterocycles. The molecule has 0 bridgehead atoms. The molecule has 2 heterocycles. The second kappa shape index (κ2) is 15.8. The number of nitrogens with two attached hydrogens (primary N) is 2. The quantitative estimate of drug-likeness (QED) is 0.0601. The summed E-state index contributed by atoms with van der Waals surface area (Å²) in [6.45, 7) is 8.96. The van der Waals surface area contributed by atoms with Gasteiger partial charge in [-0.25, -0.2) is 16.8 Å². The molecule has 12 nitrogen and oxygen atoms in total. The minimum atomic E-state index is -4.67. The van der Waals surface area contributed by atoms with Crippen LogP contribution in [0.15, 0.2) is 70.1 Å². The Balaban J connectivity index is 0.00000625. The Labute approximate surface area is 333 Å². The molecule has 0 radical (unpaired) electrons. The molecule has 4 rings (SSSR count). The number of fused-ring (bicyclic) bond motifs is 2. The molecule has 0 unspecified atom stereocenters. The van der Waals surface area contributed by atoms with Crippen LogP contribution in [0, 0.1) is 10.8 Å². The van der Waals surface area contributed by atoms with Gasteiger partial charge in [0.05, 0.1) is 15.2 Å². The zero-order valence-corrected chi connectivity index (χ0v) is 34.0. The second-order valence-electron chi connectivity index (χ2n) is 12.2. The average molecular weight is 759 g/mol. The van der Waals surface area contributed by atoms with Crippen molar-refractivity contribution in [2.75, 3.05) is 29.5 Å². The summed E-state index contributed by atoms with van der Waals surface area (Å²) in [6.07, 6.45) is 7.16. The van der Waals surface area contributed by atoms with Crippen LogP contribution in [0.4, 0.5) is 11.4 Å². The number of nitrogens with one attached hydrogen (secondary N) is 2. The molecule has 2 aliphatic rings. The van der Waals surface area contributed by atoms with Crippen molar-refractivity contribution < 1.29 is 81.9 Å². The Kier molecular flexibility index (Phi) is 13.5. The number of hydrogen-bond acceptors (Lipinski definition) is 11. The van der Waals surface area contributed by atoms with Gasteiger partial charge < -0.3 is 25.5 Å². The summed E-state index contributed by atoms with van der Waals surface area (Å²) >= 11 is 2.48. The number of anilines is 1. The molecule has 0 spiro atoms. The fourth-order valence-electron chi connectivity index (χ4n) is 6.14. The number of rotatable bonds is 12. The maximum Gasteiger partial charge on any atom is 1.00 e. The van der Waals surface area contributed by atoms with Crippen molar-refractivity contribution in [3.05, 3.63) is 71.5 Å². The van der Waals surface area contributed by atoms with Gasteiger partial charge in [0.15, 0.2) is 16.0 Å². The van der Waals surface area contributed by atoms with E-state index in [1.54, 1.807) is 12.1 Å². The van der Waals surface area contributed by atoms with Gasteiger partial charge in [-0.1, -0.05) is 43.4 Å². The van der Waals surface area contributed by atoms with Crippen LogP contribution in [-0.2, 0) is 31.1 Å². The molecule has 6 N–H and O–H groups in total. The number of hydrogen-bond donors (Lipinski definition) is 4. The molecular weight excluding hydrogens is 720 g/mol. The van der Waals surface area contributed by atoms with Crippen LogP contribution in [-0.4, -0.2) is 71.2 Å². The smallest absolute Gasteiger partial charge is 0.744 e. The first-order valence-electron chi connectivity index (χ1n) is 14.7. The van der Waals surface area contributed by atoms with Gasteiger partial charge in [0.1, 0.15) is 26.8 Å². The van der Waals surface area contributed by atoms with Crippen LogP contribution in [0.1, 0.15) is 51.7 Å². The molecule has 17 heteroatoms. The van der Waals surface area contributed by atoms with Gasteiger partial charge >= 0.3 is 51.4 Å². The first-order chi connectivity index (χ1) is 21.8. The number of nitrogens with zero attached hydrogens (tertiary/aromatic N) is 2. The van der Waals surface area contributed by atoms with E-state index >= 15 is 0 Å². The predicted molar refractivity (Wildman–Crippen MR) is 187 cm³/mol. The van der Waals surface area contributed by atoms with Gasteiger partial charge in [-0.3, -0.25) is 10.8 Å². The van der Waals surface area contributed by atoms with Gasteiger partial charge in [-0.05, 0) is 62.2 Å². The SMILES string of the molecule is CC1(C)C(/C=C/C=C2/N(CCCSC(=N)N)c3ccc(S(=O)(=O)[O-])cc3C2(C)C)=[N+](CCCSC(=N)N)c2ccc(S(=O)(=O)[O-])cc21.[K+]. The van der Waals surface area contributed by atoms with Crippen LogP contribution in [0.5, 0.6) is 0 Å². The molecule has 0 amide bonds. The summed E-state index contributed by atoms with van der Waals surface area (Å²) < 4.78 is 73.4. The maximum atomic E-state index is 11.9. The molecule has 0 aromatic heterocycles. The summed E-state index contributed by atoms with van der Waals surface area (Å²) in [5, 5.41) is 15.1. The Morgan fingerprint density at radius 1 is 0.875 bits per heavy atom. The van der Waals surface area contributed by atoms with Crippen LogP contribution in [0.2, 0.25) is 0 Å². The fourth-order valence-corrected chi connectivity index (χ4v) is 8.12. The summed E-state index contributed by atoms with van der Waals surface area (Å²) in [6, 6.07) is 8.82. The van der Waals surface area contributed by atoms with Crippen molar-refractivity contribution in [2.24, 2.45) is 11.5 Å². The first kappa shape index (κ1) is 40.9. The van der Waals surface area contributed by atoms with Crippen molar-refractivity contribution in [3.63, 3.8) is 0 Å². The molecule has 254 valence electrons. The van der Waals surface area contributed by atoms with E-state index in [2.05, 4.69) is 9.48 Å². The number of allylic oxidation sites excluding steroid dienone is 4. The van der Waals surface area contributed by atoms with Gasteiger partial charge in [0, 0.05) is 59.0 Å². The van der Waals surface area contributed by atoms with Crippen molar-refractivity contribution >= 4 is 71.2 Å². The van der Waals surface area contributed by atoms with Crippen molar-refractivity contribution in [3.8, 4) is 0 Å². The molecule has 48 heavy (non-hydrogen) atoms. The predicted octanol–water partition coefficient (Wildman–Crippen LogP) is 1.15.